The Morgan fingerprint density at radius 2 is 0.946 bits per heavy atom. The first-order valence-corrected chi connectivity index (χ1v) is 28.5. The van der Waals surface area contributed by atoms with E-state index in [9.17, 15) is 0 Å². The lowest BCUT2D eigenvalue weighted by Gasteiger charge is -2.33. The molecule has 3 aliphatic rings. The first-order chi connectivity index (χ1) is 36.2. The van der Waals surface area contributed by atoms with Gasteiger partial charge in [0.05, 0.1) is 36.6 Å². The van der Waals surface area contributed by atoms with Crippen molar-refractivity contribution in [2.45, 2.75) is 138 Å². The Labute approximate surface area is 443 Å². The minimum atomic E-state index is -0.574. The van der Waals surface area contributed by atoms with Crippen LogP contribution in [0.25, 0.3) is 33.4 Å². The second-order valence-corrected chi connectivity index (χ2v) is 21.7. The molecule has 0 amide bonds. The zero-order valence-corrected chi connectivity index (χ0v) is 45.6. The van der Waals surface area contributed by atoms with Gasteiger partial charge in [-0.15, -0.1) is 0 Å². The number of ether oxygens (including phenoxy) is 4. The molecule has 0 N–H and O–H groups in total. The van der Waals surface area contributed by atoms with Gasteiger partial charge in [0.1, 0.15) is 5.75 Å². The average molecular weight is 986 g/mol. The topological polar surface area (TPSA) is 40.2 Å². The molecule has 1 aliphatic heterocycles. The van der Waals surface area contributed by atoms with Crippen molar-refractivity contribution in [1.29, 1.82) is 0 Å². The van der Waals surface area contributed by atoms with Crippen LogP contribution in [-0.4, -0.2) is 19.8 Å². The lowest BCUT2D eigenvalue weighted by Crippen LogP contribution is -2.26. The van der Waals surface area contributed by atoms with Gasteiger partial charge in [-0.25, -0.2) is 0 Å². The van der Waals surface area contributed by atoms with Gasteiger partial charge in [-0.3, -0.25) is 0 Å². The van der Waals surface area contributed by atoms with Crippen LogP contribution < -0.4 is 23.8 Å². The van der Waals surface area contributed by atoms with E-state index in [1.54, 1.807) is 0 Å². The van der Waals surface area contributed by atoms with E-state index in [1.807, 2.05) is 0 Å². The van der Waals surface area contributed by atoms with Crippen LogP contribution in [0.15, 0.2) is 133 Å². The Bertz CT molecular complexity index is 3080. The molecule has 0 fully saturated rings. The summed E-state index contributed by atoms with van der Waals surface area (Å²) in [5.41, 5.74) is 17.4. The van der Waals surface area contributed by atoms with Gasteiger partial charge in [0.15, 0.2) is 23.0 Å². The maximum absolute atomic E-state index is 7.07. The van der Waals surface area contributed by atoms with Gasteiger partial charge in [0.25, 0.3) is 0 Å². The molecule has 0 saturated heterocycles. The van der Waals surface area contributed by atoms with E-state index in [4.69, 9.17) is 18.9 Å². The van der Waals surface area contributed by atoms with Crippen LogP contribution in [0.4, 0.5) is 17.1 Å². The Hall–Kier alpha value is -6.46. The number of benzene rings is 7. The highest BCUT2D eigenvalue weighted by molar-refractivity contribution is 5.97. The highest BCUT2D eigenvalue weighted by atomic mass is 16.5. The number of nitrogens with zero attached hydrogens (tertiary/aromatic N) is 1. The Kier molecular flexibility index (Phi) is 15.6. The maximum Gasteiger partial charge on any atom is 0.161 e. The van der Waals surface area contributed by atoms with Gasteiger partial charge >= 0.3 is 0 Å². The molecule has 5 nitrogen and oxygen atoms in total. The number of fused-ring (bicyclic) bond motifs is 12. The molecule has 74 heavy (non-hydrogen) atoms. The minimum absolute atomic E-state index is 0.484. The summed E-state index contributed by atoms with van der Waals surface area (Å²) < 4.78 is 27.3. The summed E-state index contributed by atoms with van der Waals surface area (Å²) in [4.78, 5) is 2.33. The molecule has 0 saturated carbocycles. The molecule has 0 aromatic heterocycles. The second-order valence-electron chi connectivity index (χ2n) is 21.7. The Morgan fingerprint density at radius 1 is 0.446 bits per heavy atom. The molecule has 0 radical (unpaired) electrons. The number of rotatable bonds is 23. The van der Waals surface area contributed by atoms with Crippen molar-refractivity contribution in [3.8, 4) is 62.1 Å². The first kappa shape index (κ1) is 51.0. The average Bonchev–Trinajstić information content (AvgIpc) is 3.93. The van der Waals surface area contributed by atoms with E-state index in [-0.39, 0.29) is 0 Å². The number of unbranched alkanes of at least 4 members (excludes halogenated alkanes) is 3. The normalized spacial score (nSPS) is 15.8. The van der Waals surface area contributed by atoms with Crippen LogP contribution >= 0.6 is 0 Å². The fraction of sp³-hybridized carbons (Fsp3) is 0.391. The maximum atomic E-state index is 7.07. The predicted molar refractivity (Wildman–Crippen MR) is 309 cm³/mol. The fourth-order valence-electron chi connectivity index (χ4n) is 12.1. The molecule has 1 spiro atoms. The quantitative estimate of drug-likeness (QED) is 0.0639. The summed E-state index contributed by atoms with van der Waals surface area (Å²) >= 11 is 0. The van der Waals surface area contributed by atoms with Crippen molar-refractivity contribution in [3.63, 3.8) is 0 Å². The van der Waals surface area contributed by atoms with Gasteiger partial charge in [-0.05, 0) is 179 Å². The van der Waals surface area contributed by atoms with Crippen molar-refractivity contribution in [2.75, 3.05) is 24.7 Å². The molecule has 10 rings (SSSR count). The third kappa shape index (κ3) is 9.73. The van der Waals surface area contributed by atoms with Gasteiger partial charge in [-0.2, -0.15) is 0 Å². The molecular formula is C69H79NO4. The molecule has 4 unspecified atom stereocenters. The number of hydrogen-bond acceptors (Lipinski definition) is 5. The van der Waals surface area contributed by atoms with Crippen LogP contribution in [0, 0.1) is 31.6 Å². The molecule has 4 atom stereocenters. The molecule has 5 heteroatoms. The summed E-state index contributed by atoms with van der Waals surface area (Å²) in [6.45, 7) is 20.2. The summed E-state index contributed by atoms with van der Waals surface area (Å²) in [5, 5.41) is 0. The van der Waals surface area contributed by atoms with Crippen LogP contribution in [0.3, 0.4) is 0 Å². The summed E-state index contributed by atoms with van der Waals surface area (Å²) in [5.74, 6) is 5.85. The van der Waals surface area contributed by atoms with E-state index in [0.29, 0.717) is 31.0 Å². The van der Waals surface area contributed by atoms with E-state index < -0.39 is 5.41 Å². The highest BCUT2D eigenvalue weighted by Gasteiger charge is 2.52. The monoisotopic (exact) mass is 986 g/mol. The van der Waals surface area contributed by atoms with Gasteiger partial charge < -0.3 is 23.8 Å². The van der Waals surface area contributed by atoms with Crippen molar-refractivity contribution >= 4 is 17.1 Å². The zero-order valence-electron chi connectivity index (χ0n) is 45.6. The molecule has 2 aliphatic carbocycles. The molecule has 0 bridgehead atoms. The van der Waals surface area contributed by atoms with Crippen molar-refractivity contribution in [3.05, 3.63) is 167 Å². The van der Waals surface area contributed by atoms with E-state index >= 15 is 0 Å². The van der Waals surface area contributed by atoms with Gasteiger partial charge in [0.2, 0.25) is 0 Å². The Morgan fingerprint density at radius 3 is 1.59 bits per heavy atom. The van der Waals surface area contributed by atoms with E-state index in [0.717, 1.165) is 88.4 Å². The van der Waals surface area contributed by atoms with Crippen molar-refractivity contribution in [1.82, 2.24) is 0 Å². The summed E-state index contributed by atoms with van der Waals surface area (Å²) in [6.07, 6.45) is 14.1. The van der Waals surface area contributed by atoms with Crippen LogP contribution in [0.5, 0.6) is 28.7 Å². The summed E-state index contributed by atoms with van der Waals surface area (Å²) in [6, 6.07) is 49.9. The lowest BCUT2D eigenvalue weighted by molar-refractivity contribution is 0.199. The Balaban J connectivity index is 1.07. The van der Waals surface area contributed by atoms with Crippen LogP contribution in [0.2, 0.25) is 0 Å². The molecule has 384 valence electrons. The number of hydrogen-bond donors (Lipinski definition) is 0. The number of aryl methyl sites for hydroxylation is 2. The van der Waals surface area contributed by atoms with Gasteiger partial charge in [0, 0.05) is 5.69 Å². The van der Waals surface area contributed by atoms with Gasteiger partial charge in [-0.1, -0.05) is 172 Å². The van der Waals surface area contributed by atoms with E-state index in [1.165, 1.54) is 108 Å². The third-order valence-electron chi connectivity index (χ3n) is 16.7. The first-order valence-electron chi connectivity index (χ1n) is 28.5. The molecule has 7 aromatic carbocycles. The van der Waals surface area contributed by atoms with Crippen LogP contribution in [0.1, 0.15) is 152 Å². The van der Waals surface area contributed by atoms with Crippen molar-refractivity contribution < 1.29 is 18.9 Å². The smallest absolute Gasteiger partial charge is 0.161 e. The predicted octanol–water partition coefficient (Wildman–Crippen LogP) is 19.7. The second kappa shape index (κ2) is 22.6. The van der Waals surface area contributed by atoms with Crippen molar-refractivity contribution in [2.24, 2.45) is 17.8 Å². The molecule has 7 aromatic rings. The molecule has 1 heterocycles. The zero-order chi connectivity index (χ0) is 51.3. The highest BCUT2D eigenvalue weighted by Crippen LogP contribution is 2.65. The fourth-order valence-corrected chi connectivity index (χ4v) is 12.1. The largest absolute Gasteiger partial charge is 0.493 e. The minimum Gasteiger partial charge on any atom is -0.493 e. The standard InChI is InChI=1S/C69H79NO4/c1-9-15-20-48(12-4)43-71-54-31-29-53(30-32-54)70-63-35-26-47(8)38-65(63)74-66-40-52(28-36-64(66)70)51-27-34-57-56-33-25-46(7)37-60(56)69(61(57)39-51)59-24-19-18-23-55(59)58-41-67(72-44-49(13-5)21-16-10-2)68(42-62(58)69)73-45-50(14-6)22-17-11-3/h18-19,23-42,48-50H,9-17,20-22,43-45H2,1-8H3. The molecular weight excluding hydrogens is 907 g/mol. The lowest BCUT2D eigenvalue weighted by atomic mass is 9.70. The third-order valence-corrected chi connectivity index (χ3v) is 16.7. The van der Waals surface area contributed by atoms with E-state index in [2.05, 4.69) is 194 Å². The SMILES string of the molecule is CCCCC(CC)COc1ccc(N2c3ccc(C)cc3Oc3cc(-c4ccc5c(c4)C4(c6ccccc6-c6cc(OCC(CC)CCCC)c(OCC(CC)CCCC)cc64)c4cc(C)ccc4-5)ccc32)cc1. The summed E-state index contributed by atoms with van der Waals surface area (Å²) in [7, 11) is 0. The van der Waals surface area contributed by atoms with Crippen LogP contribution in [-0.2, 0) is 5.41 Å². The number of anilines is 3.